The first-order valence-electron chi connectivity index (χ1n) is 6.39. The van der Waals surface area contributed by atoms with Crippen LogP contribution in [0, 0.1) is 0 Å². The van der Waals surface area contributed by atoms with Gasteiger partial charge in [0.25, 0.3) is 0 Å². The Morgan fingerprint density at radius 1 is 1.25 bits per heavy atom. The summed E-state index contributed by atoms with van der Waals surface area (Å²) in [6.07, 6.45) is 4.48. The van der Waals surface area contributed by atoms with Crippen LogP contribution in [-0.2, 0) is 9.53 Å². The lowest BCUT2D eigenvalue weighted by Gasteiger charge is -2.11. The molecule has 0 bridgehead atoms. The van der Waals surface area contributed by atoms with E-state index in [9.17, 15) is 4.79 Å². The van der Waals surface area contributed by atoms with E-state index in [2.05, 4.69) is 4.74 Å². The van der Waals surface area contributed by atoms with Gasteiger partial charge in [-0.1, -0.05) is 6.07 Å². The Morgan fingerprint density at radius 3 is 2.70 bits per heavy atom. The Balaban J connectivity index is 2.69. The number of benzene rings is 1. The van der Waals surface area contributed by atoms with Crippen molar-refractivity contribution in [1.82, 2.24) is 0 Å². The molecular formula is C15H20O5. The molecule has 0 fully saturated rings. The minimum atomic E-state index is -0.409. The van der Waals surface area contributed by atoms with Crippen LogP contribution in [0.1, 0.15) is 18.4 Å². The molecule has 0 spiro atoms. The smallest absolute Gasteiger partial charge is 0.330 e. The van der Waals surface area contributed by atoms with Crippen molar-refractivity contribution >= 4 is 12.0 Å². The van der Waals surface area contributed by atoms with Crippen LogP contribution < -0.4 is 9.47 Å². The minimum absolute atomic E-state index is 0.164. The summed E-state index contributed by atoms with van der Waals surface area (Å²) in [6.45, 7) is 0.687. The molecule has 0 saturated carbocycles. The number of aliphatic hydroxyl groups is 1. The minimum Gasteiger partial charge on any atom is -0.493 e. The molecule has 0 atom stereocenters. The lowest BCUT2D eigenvalue weighted by atomic mass is 10.2. The van der Waals surface area contributed by atoms with Crippen molar-refractivity contribution in [2.75, 3.05) is 27.4 Å². The van der Waals surface area contributed by atoms with E-state index in [1.807, 2.05) is 6.07 Å². The number of carbonyl (C=O) groups excluding carboxylic acids is 1. The first kappa shape index (κ1) is 16.0. The lowest BCUT2D eigenvalue weighted by Crippen LogP contribution is -2.00. The molecule has 5 heteroatoms. The largest absolute Gasteiger partial charge is 0.493 e. The van der Waals surface area contributed by atoms with Gasteiger partial charge in [0.15, 0.2) is 11.5 Å². The van der Waals surface area contributed by atoms with Crippen molar-refractivity contribution in [2.24, 2.45) is 0 Å². The fourth-order valence-corrected chi connectivity index (χ4v) is 1.54. The van der Waals surface area contributed by atoms with Gasteiger partial charge in [0.1, 0.15) is 0 Å². The normalized spacial score (nSPS) is 10.6. The summed E-state index contributed by atoms with van der Waals surface area (Å²) in [5, 5.41) is 8.70. The van der Waals surface area contributed by atoms with E-state index in [-0.39, 0.29) is 6.61 Å². The molecule has 20 heavy (non-hydrogen) atoms. The standard InChI is InChI=1S/C15H20O5/c1-18-14-11-12(6-8-15(17)19-2)5-7-13(14)20-10-4-3-9-16/h5-8,11,16H,3-4,9-10H2,1-2H3/b8-6+. The van der Waals surface area contributed by atoms with Crippen LogP contribution in [0.2, 0.25) is 0 Å². The van der Waals surface area contributed by atoms with E-state index < -0.39 is 5.97 Å². The quantitative estimate of drug-likeness (QED) is 0.448. The molecule has 0 heterocycles. The second-order valence-electron chi connectivity index (χ2n) is 4.05. The first-order valence-corrected chi connectivity index (χ1v) is 6.39. The Kier molecular flexibility index (Phi) is 7.21. The molecule has 0 saturated heterocycles. The third kappa shape index (κ3) is 5.32. The topological polar surface area (TPSA) is 65.0 Å². The van der Waals surface area contributed by atoms with Crippen molar-refractivity contribution in [2.45, 2.75) is 12.8 Å². The second-order valence-corrected chi connectivity index (χ2v) is 4.05. The molecule has 5 nitrogen and oxygen atoms in total. The number of hydrogen-bond donors (Lipinski definition) is 1. The average molecular weight is 280 g/mol. The van der Waals surface area contributed by atoms with Gasteiger partial charge in [-0.3, -0.25) is 0 Å². The number of hydrogen-bond acceptors (Lipinski definition) is 5. The molecule has 0 radical (unpaired) electrons. The SMILES string of the molecule is COC(=O)/C=C/c1ccc(OCCCCO)c(OC)c1. The average Bonchev–Trinajstić information content (AvgIpc) is 2.49. The van der Waals surface area contributed by atoms with Gasteiger partial charge in [-0.2, -0.15) is 0 Å². The summed E-state index contributed by atoms with van der Waals surface area (Å²) in [4.78, 5) is 11.0. The van der Waals surface area contributed by atoms with Gasteiger partial charge in [-0.15, -0.1) is 0 Å². The molecule has 1 N–H and O–H groups in total. The van der Waals surface area contributed by atoms with Gasteiger partial charge in [0.05, 0.1) is 20.8 Å². The van der Waals surface area contributed by atoms with Crippen molar-refractivity contribution in [3.05, 3.63) is 29.8 Å². The Hall–Kier alpha value is -2.01. The molecular weight excluding hydrogens is 260 g/mol. The molecule has 0 aliphatic heterocycles. The van der Waals surface area contributed by atoms with Crippen LogP contribution in [-0.4, -0.2) is 38.5 Å². The van der Waals surface area contributed by atoms with Gasteiger partial charge >= 0.3 is 5.97 Å². The van der Waals surface area contributed by atoms with E-state index in [4.69, 9.17) is 14.6 Å². The molecule has 0 aromatic heterocycles. The van der Waals surface area contributed by atoms with Crippen molar-refractivity contribution in [1.29, 1.82) is 0 Å². The van der Waals surface area contributed by atoms with Crippen LogP contribution in [0.4, 0.5) is 0 Å². The maximum atomic E-state index is 11.0. The number of esters is 1. The Morgan fingerprint density at radius 2 is 2.05 bits per heavy atom. The lowest BCUT2D eigenvalue weighted by molar-refractivity contribution is -0.134. The van der Waals surface area contributed by atoms with E-state index in [0.717, 1.165) is 12.0 Å². The highest BCUT2D eigenvalue weighted by Gasteiger charge is 2.05. The summed E-state index contributed by atoms with van der Waals surface area (Å²) in [6, 6.07) is 5.39. The number of methoxy groups -OCH3 is 2. The molecule has 0 amide bonds. The summed E-state index contributed by atoms with van der Waals surface area (Å²) >= 11 is 0. The van der Waals surface area contributed by atoms with Gasteiger partial charge in [-0.05, 0) is 36.6 Å². The van der Waals surface area contributed by atoms with Crippen molar-refractivity contribution in [3.63, 3.8) is 0 Å². The van der Waals surface area contributed by atoms with Crippen molar-refractivity contribution < 1.29 is 24.1 Å². The van der Waals surface area contributed by atoms with Crippen LogP contribution >= 0.6 is 0 Å². The fourth-order valence-electron chi connectivity index (χ4n) is 1.54. The highest BCUT2D eigenvalue weighted by atomic mass is 16.5. The zero-order valence-electron chi connectivity index (χ0n) is 11.8. The molecule has 0 unspecified atom stereocenters. The van der Waals surface area contributed by atoms with Gasteiger partial charge in [0, 0.05) is 12.7 Å². The third-order valence-corrected chi connectivity index (χ3v) is 2.61. The second kappa shape index (κ2) is 8.98. The third-order valence-electron chi connectivity index (χ3n) is 2.61. The molecule has 0 aliphatic carbocycles. The van der Waals surface area contributed by atoms with E-state index in [1.54, 1.807) is 25.3 Å². The van der Waals surface area contributed by atoms with Crippen molar-refractivity contribution in [3.8, 4) is 11.5 Å². The zero-order valence-corrected chi connectivity index (χ0v) is 11.8. The van der Waals surface area contributed by atoms with Gasteiger partial charge in [0.2, 0.25) is 0 Å². The number of unbranched alkanes of at least 4 members (excludes halogenated alkanes) is 1. The van der Waals surface area contributed by atoms with E-state index >= 15 is 0 Å². The van der Waals surface area contributed by atoms with Crippen LogP contribution in [0.15, 0.2) is 24.3 Å². The molecule has 1 aromatic carbocycles. The molecule has 1 rings (SSSR count). The first-order chi connectivity index (χ1) is 9.71. The predicted molar refractivity (Wildman–Crippen MR) is 75.9 cm³/mol. The predicted octanol–water partition coefficient (Wildman–Crippen LogP) is 2.03. The summed E-state index contributed by atoms with van der Waals surface area (Å²) < 4.78 is 15.4. The zero-order chi connectivity index (χ0) is 14.8. The summed E-state index contributed by atoms with van der Waals surface area (Å²) in [5.74, 6) is 0.829. The number of aliphatic hydroxyl groups excluding tert-OH is 1. The highest BCUT2D eigenvalue weighted by molar-refractivity contribution is 5.87. The number of ether oxygens (including phenoxy) is 3. The van der Waals surface area contributed by atoms with E-state index in [0.29, 0.717) is 24.5 Å². The highest BCUT2D eigenvalue weighted by Crippen LogP contribution is 2.28. The monoisotopic (exact) mass is 280 g/mol. The van der Waals surface area contributed by atoms with Crippen LogP contribution in [0.3, 0.4) is 0 Å². The van der Waals surface area contributed by atoms with Gasteiger partial charge < -0.3 is 19.3 Å². The molecule has 1 aromatic rings. The molecule has 0 aliphatic rings. The van der Waals surface area contributed by atoms with E-state index in [1.165, 1.54) is 13.2 Å². The Bertz CT molecular complexity index is 454. The number of rotatable bonds is 8. The maximum Gasteiger partial charge on any atom is 0.330 e. The molecule has 110 valence electrons. The van der Waals surface area contributed by atoms with Crippen LogP contribution in [0.5, 0.6) is 11.5 Å². The summed E-state index contributed by atoms with van der Waals surface area (Å²) in [7, 11) is 2.89. The fraction of sp³-hybridized carbons (Fsp3) is 0.400. The van der Waals surface area contributed by atoms with Gasteiger partial charge in [-0.25, -0.2) is 4.79 Å². The summed E-state index contributed by atoms with van der Waals surface area (Å²) in [5.41, 5.74) is 0.815. The Labute approximate surface area is 118 Å². The van der Waals surface area contributed by atoms with Crippen LogP contribution in [0.25, 0.3) is 6.08 Å². The maximum absolute atomic E-state index is 11.0. The number of carbonyl (C=O) groups is 1.